The fourth-order valence-corrected chi connectivity index (χ4v) is 5.23. The molecule has 30 heavy (non-hydrogen) atoms. The van der Waals surface area contributed by atoms with Gasteiger partial charge in [-0.2, -0.15) is 5.26 Å². The van der Waals surface area contributed by atoms with Crippen LogP contribution < -0.4 is 5.32 Å². The summed E-state index contributed by atoms with van der Waals surface area (Å²) >= 11 is 1.63. The maximum atomic E-state index is 13.2. The van der Waals surface area contributed by atoms with Crippen molar-refractivity contribution in [2.24, 2.45) is 0 Å². The van der Waals surface area contributed by atoms with Gasteiger partial charge in [-0.15, -0.1) is 11.3 Å². The number of nitriles is 1. The van der Waals surface area contributed by atoms with Crippen molar-refractivity contribution in [2.75, 3.05) is 0 Å². The molecule has 3 aromatic rings. The molecule has 1 aromatic heterocycles. The molecule has 1 N–H and O–H groups in total. The molecule has 0 radical (unpaired) electrons. The molecular formula is C25H25N3OS. The van der Waals surface area contributed by atoms with Crippen molar-refractivity contribution < 1.29 is 4.79 Å². The monoisotopic (exact) mass is 415 g/mol. The van der Waals surface area contributed by atoms with Crippen molar-refractivity contribution in [3.63, 3.8) is 0 Å². The number of benzene rings is 2. The normalized spacial score (nSPS) is 15.3. The highest BCUT2D eigenvalue weighted by Gasteiger charge is 2.26. The molecule has 1 heterocycles. The van der Waals surface area contributed by atoms with Crippen LogP contribution in [-0.2, 0) is 0 Å². The lowest BCUT2D eigenvalue weighted by Crippen LogP contribution is -2.27. The molecule has 1 aliphatic rings. The molecule has 1 aliphatic carbocycles. The van der Waals surface area contributed by atoms with Crippen LogP contribution >= 0.6 is 11.3 Å². The van der Waals surface area contributed by atoms with Crippen LogP contribution in [0.3, 0.4) is 0 Å². The molecule has 0 unspecified atom stereocenters. The smallest absolute Gasteiger partial charge is 0.271 e. The molecule has 0 saturated heterocycles. The van der Waals surface area contributed by atoms with Gasteiger partial charge in [0.2, 0.25) is 0 Å². The summed E-state index contributed by atoms with van der Waals surface area (Å²) in [5.74, 6) is 0.290. The van der Waals surface area contributed by atoms with Crippen LogP contribution in [0.15, 0.2) is 54.6 Å². The van der Waals surface area contributed by atoms with Crippen molar-refractivity contribution in [2.45, 2.75) is 51.0 Å². The average molecular weight is 416 g/mol. The lowest BCUT2D eigenvalue weighted by Gasteiger charge is -2.18. The predicted octanol–water partition coefficient (Wildman–Crippen LogP) is 6.22. The topological polar surface area (TPSA) is 65.8 Å². The maximum absolute atomic E-state index is 13.2. The number of nitrogens with zero attached hydrogens (tertiary/aromatic N) is 2. The van der Waals surface area contributed by atoms with Gasteiger partial charge in [-0.25, -0.2) is 4.98 Å². The average Bonchev–Trinajstić information content (AvgIpc) is 3.26. The second-order valence-corrected chi connectivity index (χ2v) is 8.89. The largest absolute Gasteiger partial charge is 0.344 e. The number of thiazole rings is 1. The number of aromatic nitrogens is 1. The van der Waals surface area contributed by atoms with Gasteiger partial charge in [-0.1, -0.05) is 61.7 Å². The zero-order valence-corrected chi connectivity index (χ0v) is 17.9. The lowest BCUT2D eigenvalue weighted by molar-refractivity contribution is 0.0936. The standard InChI is InChI=1S/C25H25N3OS/c1-17(19-8-4-2-5-9-19)27-24(29)22-23(20-14-12-18(16-26)13-15-20)30-25(28-22)21-10-6-3-7-11-21/h2,4-5,8-9,12-15,17,21H,3,6-7,10-11H2,1H3,(H,27,29)/t17-/m0/s1. The van der Waals surface area contributed by atoms with Gasteiger partial charge in [0.05, 0.1) is 27.6 Å². The van der Waals surface area contributed by atoms with E-state index in [4.69, 9.17) is 10.2 Å². The minimum atomic E-state index is -0.149. The lowest BCUT2D eigenvalue weighted by atomic mass is 9.90. The van der Waals surface area contributed by atoms with Gasteiger partial charge in [0, 0.05) is 5.92 Å². The molecule has 0 spiro atoms. The van der Waals surface area contributed by atoms with Crippen LogP contribution in [-0.4, -0.2) is 10.9 Å². The SMILES string of the molecule is C[C@H](NC(=O)c1nc(C2CCCCC2)sc1-c1ccc(C#N)cc1)c1ccccc1. The molecule has 4 nitrogen and oxygen atoms in total. The summed E-state index contributed by atoms with van der Waals surface area (Å²) in [6.07, 6.45) is 6.02. The molecule has 0 bridgehead atoms. The summed E-state index contributed by atoms with van der Waals surface area (Å²) in [4.78, 5) is 19.0. The molecule has 2 aromatic carbocycles. The Balaban J connectivity index is 1.66. The summed E-state index contributed by atoms with van der Waals surface area (Å²) in [5.41, 5.74) is 3.10. The highest BCUT2D eigenvalue weighted by atomic mass is 32.1. The van der Waals surface area contributed by atoms with E-state index in [0.717, 1.165) is 33.9 Å². The minimum Gasteiger partial charge on any atom is -0.344 e. The Hall–Kier alpha value is -2.97. The van der Waals surface area contributed by atoms with Crippen LogP contribution in [0.2, 0.25) is 0 Å². The first-order valence-electron chi connectivity index (χ1n) is 10.5. The molecule has 1 atom stereocenters. The van der Waals surface area contributed by atoms with Crippen molar-refractivity contribution in [3.05, 3.63) is 76.4 Å². The molecule has 0 aliphatic heterocycles. The molecule has 5 heteroatoms. The molecule has 152 valence electrons. The number of rotatable bonds is 5. The van der Waals surface area contributed by atoms with E-state index >= 15 is 0 Å². The Labute approximate surface area is 181 Å². The summed E-state index contributed by atoms with van der Waals surface area (Å²) < 4.78 is 0. The molecule has 1 amide bonds. The van der Waals surface area contributed by atoms with Gasteiger partial charge in [0.25, 0.3) is 5.91 Å². The Morgan fingerprint density at radius 3 is 2.47 bits per heavy atom. The fraction of sp³-hybridized carbons (Fsp3) is 0.320. The van der Waals surface area contributed by atoms with Crippen LogP contribution in [0.1, 0.15) is 77.6 Å². The molecule has 1 fully saturated rings. The summed E-state index contributed by atoms with van der Waals surface area (Å²) in [7, 11) is 0. The summed E-state index contributed by atoms with van der Waals surface area (Å²) in [5, 5.41) is 13.3. The molecule has 1 saturated carbocycles. The Kier molecular flexibility index (Phi) is 6.25. The third kappa shape index (κ3) is 4.44. The third-order valence-electron chi connectivity index (χ3n) is 5.74. The number of carbonyl (C=O) groups is 1. The summed E-state index contributed by atoms with van der Waals surface area (Å²) in [6.45, 7) is 1.99. The fourth-order valence-electron chi connectivity index (χ4n) is 4.00. The first kappa shape index (κ1) is 20.3. The van der Waals surface area contributed by atoms with E-state index in [-0.39, 0.29) is 11.9 Å². The van der Waals surface area contributed by atoms with Crippen molar-refractivity contribution in [1.29, 1.82) is 5.26 Å². The van der Waals surface area contributed by atoms with E-state index in [2.05, 4.69) is 11.4 Å². The van der Waals surface area contributed by atoms with Gasteiger partial charge in [0.15, 0.2) is 0 Å². The number of carbonyl (C=O) groups excluding carboxylic acids is 1. The summed E-state index contributed by atoms with van der Waals surface area (Å²) in [6, 6.07) is 19.4. The second kappa shape index (κ2) is 9.23. The van der Waals surface area contributed by atoms with E-state index in [1.54, 1.807) is 23.5 Å². The Bertz CT molecular complexity index is 1040. The predicted molar refractivity (Wildman–Crippen MR) is 120 cm³/mol. The number of amides is 1. The third-order valence-corrected chi connectivity index (χ3v) is 7.00. The second-order valence-electron chi connectivity index (χ2n) is 7.86. The first-order valence-corrected chi connectivity index (χ1v) is 11.3. The van der Waals surface area contributed by atoms with Crippen LogP contribution in [0.5, 0.6) is 0 Å². The number of hydrogen-bond acceptors (Lipinski definition) is 4. The van der Waals surface area contributed by atoms with Gasteiger partial charge < -0.3 is 5.32 Å². The van der Waals surface area contributed by atoms with Crippen LogP contribution in [0, 0.1) is 11.3 Å². The van der Waals surface area contributed by atoms with E-state index in [1.165, 1.54) is 19.3 Å². The number of hydrogen-bond donors (Lipinski definition) is 1. The quantitative estimate of drug-likeness (QED) is 0.538. The van der Waals surface area contributed by atoms with Crippen molar-refractivity contribution >= 4 is 17.2 Å². The van der Waals surface area contributed by atoms with Gasteiger partial charge >= 0.3 is 0 Å². The Morgan fingerprint density at radius 1 is 1.10 bits per heavy atom. The maximum Gasteiger partial charge on any atom is 0.271 e. The van der Waals surface area contributed by atoms with E-state index < -0.39 is 0 Å². The highest BCUT2D eigenvalue weighted by molar-refractivity contribution is 7.15. The van der Waals surface area contributed by atoms with E-state index in [0.29, 0.717) is 17.2 Å². The zero-order chi connectivity index (χ0) is 20.9. The van der Waals surface area contributed by atoms with Crippen LogP contribution in [0.25, 0.3) is 10.4 Å². The minimum absolute atomic E-state index is 0.104. The van der Waals surface area contributed by atoms with E-state index in [1.807, 2.05) is 49.4 Å². The number of nitrogens with one attached hydrogen (secondary N) is 1. The van der Waals surface area contributed by atoms with Gasteiger partial charge in [0.1, 0.15) is 5.69 Å². The Morgan fingerprint density at radius 2 is 1.80 bits per heavy atom. The van der Waals surface area contributed by atoms with Gasteiger partial charge in [-0.05, 0) is 43.0 Å². The van der Waals surface area contributed by atoms with E-state index in [9.17, 15) is 4.79 Å². The first-order chi connectivity index (χ1) is 14.7. The molecule has 4 rings (SSSR count). The molecular weight excluding hydrogens is 390 g/mol. The van der Waals surface area contributed by atoms with Crippen LogP contribution in [0.4, 0.5) is 0 Å². The van der Waals surface area contributed by atoms with Crippen molar-refractivity contribution in [1.82, 2.24) is 10.3 Å². The zero-order valence-electron chi connectivity index (χ0n) is 17.1. The highest BCUT2D eigenvalue weighted by Crippen LogP contribution is 2.39. The van der Waals surface area contributed by atoms with Gasteiger partial charge in [-0.3, -0.25) is 4.79 Å². The van der Waals surface area contributed by atoms with Crippen molar-refractivity contribution in [3.8, 4) is 16.5 Å².